The lowest BCUT2D eigenvalue weighted by Gasteiger charge is -2.52. The molecule has 1 heterocycles. The number of carbonyl (C=O) groups is 2. The van der Waals surface area contributed by atoms with E-state index in [1.165, 1.54) is 17.5 Å². The van der Waals surface area contributed by atoms with Gasteiger partial charge >= 0.3 is 5.97 Å². The summed E-state index contributed by atoms with van der Waals surface area (Å²) in [5.74, 6) is -0.764. The molecule has 0 aromatic heterocycles. The number of benzene rings is 2. The molecular weight excluding hydrogens is 474 g/mol. The van der Waals surface area contributed by atoms with Crippen molar-refractivity contribution in [3.8, 4) is 0 Å². The summed E-state index contributed by atoms with van der Waals surface area (Å²) >= 11 is 1.60. The molecule has 35 heavy (non-hydrogen) atoms. The number of esters is 1. The molecule has 1 fully saturated rings. The number of rotatable bonds is 9. The number of carbonyl (C=O) groups excluding carboxylic acids is 2. The first kappa shape index (κ1) is 27.2. The fraction of sp³-hybridized carbons (Fsp3) is 0.429. The monoisotopic (exact) mass is 511 g/mol. The van der Waals surface area contributed by atoms with Crippen LogP contribution >= 0.6 is 11.8 Å². The number of likely N-dealkylation sites (tertiary alicyclic amines) is 1. The van der Waals surface area contributed by atoms with Gasteiger partial charge in [-0.15, -0.1) is 11.8 Å². The quantitative estimate of drug-likeness (QED) is 0.222. The highest BCUT2D eigenvalue weighted by atomic mass is 32.2. The van der Waals surface area contributed by atoms with Gasteiger partial charge in [0.1, 0.15) is 5.70 Å². The second-order valence-electron chi connectivity index (χ2n) is 10.2. The van der Waals surface area contributed by atoms with E-state index >= 15 is 0 Å². The van der Waals surface area contributed by atoms with Gasteiger partial charge in [-0.1, -0.05) is 81.4 Å². The topological polar surface area (TPSA) is 55.8 Å². The summed E-state index contributed by atoms with van der Waals surface area (Å²) in [5.41, 5.74) is 0.956. The van der Waals surface area contributed by atoms with Crippen LogP contribution < -0.4 is 10.4 Å². The van der Waals surface area contributed by atoms with E-state index in [0.717, 1.165) is 5.57 Å². The van der Waals surface area contributed by atoms with Gasteiger partial charge in [0.2, 0.25) is 14.9 Å². The van der Waals surface area contributed by atoms with Crippen molar-refractivity contribution in [1.82, 2.24) is 4.90 Å². The van der Waals surface area contributed by atoms with Crippen LogP contribution in [0.25, 0.3) is 0 Å². The molecule has 1 saturated heterocycles. The van der Waals surface area contributed by atoms with Gasteiger partial charge in [0.25, 0.3) is 0 Å². The number of amides is 1. The van der Waals surface area contributed by atoms with E-state index in [-0.39, 0.29) is 28.5 Å². The first-order valence-electron chi connectivity index (χ1n) is 11.9. The SMILES string of the molecule is COC(=O)C(=C(C)C)N1C(=O)C(C(CO[SiH](c2ccccc2)c2ccccc2)C(C)(C)C)C1SC. The molecule has 1 aliphatic heterocycles. The maximum absolute atomic E-state index is 13.6. The van der Waals surface area contributed by atoms with Crippen molar-refractivity contribution in [3.05, 3.63) is 71.9 Å². The number of nitrogens with zero attached hydrogens (tertiary/aromatic N) is 1. The number of β-lactam (4-membered cyclic amide) rings is 1. The van der Waals surface area contributed by atoms with Crippen LogP contribution in [-0.4, -0.2) is 51.2 Å². The molecule has 5 nitrogen and oxygen atoms in total. The maximum atomic E-state index is 13.6. The van der Waals surface area contributed by atoms with Crippen molar-refractivity contribution in [2.24, 2.45) is 17.3 Å². The van der Waals surface area contributed by atoms with Crippen LogP contribution in [-0.2, 0) is 18.8 Å². The van der Waals surface area contributed by atoms with Gasteiger partial charge in [0.15, 0.2) is 0 Å². The number of hydrogen-bond acceptors (Lipinski definition) is 5. The van der Waals surface area contributed by atoms with Crippen LogP contribution in [0.4, 0.5) is 0 Å². The lowest BCUT2D eigenvalue weighted by molar-refractivity contribution is -0.159. The Kier molecular flexibility index (Phi) is 9.02. The van der Waals surface area contributed by atoms with Gasteiger partial charge < -0.3 is 9.16 Å². The number of allylic oxidation sites excluding steroid dienone is 1. The Balaban J connectivity index is 1.90. The van der Waals surface area contributed by atoms with Gasteiger partial charge in [-0.05, 0) is 41.5 Å². The molecule has 0 bridgehead atoms. The van der Waals surface area contributed by atoms with Gasteiger partial charge in [-0.25, -0.2) is 4.79 Å². The number of methoxy groups -OCH3 is 1. The van der Waals surface area contributed by atoms with E-state index < -0.39 is 15.0 Å². The lowest BCUT2D eigenvalue weighted by atomic mass is 9.70. The minimum Gasteiger partial charge on any atom is -0.464 e. The molecule has 0 saturated carbocycles. The third-order valence-electron chi connectivity index (χ3n) is 6.61. The zero-order valence-electron chi connectivity index (χ0n) is 21.8. The molecule has 0 aliphatic carbocycles. The summed E-state index contributed by atoms with van der Waals surface area (Å²) < 4.78 is 11.8. The third kappa shape index (κ3) is 5.90. The molecule has 2 aromatic carbocycles. The molecule has 1 amide bonds. The standard InChI is InChI=1S/C28H37NO4SSi/c1-19(2)24(27(31)32-6)29-25(30)23(26(29)34-7)22(28(3,4)5)18-33-35(20-14-10-8-11-15-20)21-16-12-9-13-17-21/h8-17,22-23,26,35H,18H2,1-7H3. The first-order valence-corrected chi connectivity index (χ1v) is 14.9. The average molecular weight is 512 g/mol. The molecule has 7 heteroatoms. The average Bonchev–Trinajstić information content (AvgIpc) is 2.84. The van der Waals surface area contributed by atoms with E-state index in [1.807, 2.05) is 56.5 Å². The van der Waals surface area contributed by atoms with Crippen molar-refractivity contribution in [2.75, 3.05) is 20.0 Å². The Morgan fingerprint density at radius 1 is 1.03 bits per heavy atom. The predicted octanol–water partition coefficient (Wildman–Crippen LogP) is 3.82. The summed E-state index contributed by atoms with van der Waals surface area (Å²) in [4.78, 5) is 27.7. The molecular formula is C28H37NO4SSi. The van der Waals surface area contributed by atoms with Crippen LogP contribution in [0.5, 0.6) is 0 Å². The third-order valence-corrected chi connectivity index (χ3v) is 10.1. The Morgan fingerprint density at radius 3 is 1.94 bits per heavy atom. The zero-order chi connectivity index (χ0) is 25.8. The van der Waals surface area contributed by atoms with E-state index in [1.54, 1.807) is 16.7 Å². The second kappa shape index (κ2) is 11.6. The second-order valence-corrected chi connectivity index (χ2v) is 13.6. The van der Waals surface area contributed by atoms with E-state index in [2.05, 4.69) is 45.0 Å². The molecule has 2 aromatic rings. The van der Waals surface area contributed by atoms with Crippen LogP contribution in [0.15, 0.2) is 71.9 Å². The number of thioether (sulfide) groups is 1. The highest BCUT2D eigenvalue weighted by Gasteiger charge is 2.56. The van der Waals surface area contributed by atoms with Crippen molar-refractivity contribution in [3.63, 3.8) is 0 Å². The van der Waals surface area contributed by atoms with E-state index in [9.17, 15) is 9.59 Å². The molecule has 188 valence electrons. The Labute approximate surface area is 215 Å². The molecule has 0 radical (unpaired) electrons. The van der Waals surface area contributed by atoms with Crippen LogP contribution in [0, 0.1) is 17.3 Å². The highest BCUT2D eigenvalue weighted by molar-refractivity contribution is 7.99. The first-order chi connectivity index (χ1) is 16.6. The Hall–Kier alpha value is -2.35. The lowest BCUT2D eigenvalue weighted by Crippen LogP contribution is -2.64. The summed E-state index contributed by atoms with van der Waals surface area (Å²) in [5, 5.41) is 2.28. The minimum absolute atomic E-state index is 0.0119. The predicted molar refractivity (Wildman–Crippen MR) is 146 cm³/mol. The molecule has 3 unspecified atom stereocenters. The van der Waals surface area contributed by atoms with Gasteiger partial charge in [0, 0.05) is 12.5 Å². The highest BCUT2D eigenvalue weighted by Crippen LogP contribution is 2.47. The summed E-state index contributed by atoms with van der Waals surface area (Å²) in [7, 11) is -0.592. The molecule has 3 atom stereocenters. The minimum atomic E-state index is -1.94. The maximum Gasteiger partial charge on any atom is 0.354 e. The molecule has 3 rings (SSSR count). The molecule has 0 spiro atoms. The van der Waals surface area contributed by atoms with E-state index in [4.69, 9.17) is 9.16 Å². The Bertz CT molecular complexity index is 1010. The Morgan fingerprint density at radius 2 is 1.54 bits per heavy atom. The number of hydrogen-bond donors (Lipinski definition) is 0. The van der Waals surface area contributed by atoms with Crippen LogP contribution in [0.3, 0.4) is 0 Å². The van der Waals surface area contributed by atoms with Crippen LogP contribution in [0.2, 0.25) is 0 Å². The molecule has 1 aliphatic rings. The number of ether oxygens (including phenoxy) is 1. The smallest absolute Gasteiger partial charge is 0.354 e. The van der Waals surface area contributed by atoms with Gasteiger partial charge in [-0.3, -0.25) is 9.69 Å². The van der Waals surface area contributed by atoms with Gasteiger partial charge in [0.05, 0.1) is 18.4 Å². The largest absolute Gasteiger partial charge is 0.464 e. The molecule has 0 N–H and O–H groups in total. The fourth-order valence-electron chi connectivity index (χ4n) is 4.72. The van der Waals surface area contributed by atoms with Crippen molar-refractivity contribution in [2.45, 2.75) is 40.0 Å². The van der Waals surface area contributed by atoms with E-state index in [0.29, 0.717) is 12.3 Å². The van der Waals surface area contributed by atoms with Crippen LogP contribution in [0.1, 0.15) is 34.6 Å². The van der Waals surface area contributed by atoms with Crippen molar-refractivity contribution < 1.29 is 18.8 Å². The van der Waals surface area contributed by atoms with Gasteiger partial charge in [-0.2, -0.15) is 0 Å². The summed E-state index contributed by atoms with van der Waals surface area (Å²) in [6.07, 6.45) is 1.99. The summed E-state index contributed by atoms with van der Waals surface area (Å²) in [6.45, 7) is 10.6. The van der Waals surface area contributed by atoms with Crippen molar-refractivity contribution >= 4 is 43.1 Å². The zero-order valence-corrected chi connectivity index (χ0v) is 23.7. The summed E-state index contributed by atoms with van der Waals surface area (Å²) in [6, 6.07) is 20.8. The fourth-order valence-corrected chi connectivity index (χ4v) is 8.05. The van der Waals surface area contributed by atoms with Crippen molar-refractivity contribution in [1.29, 1.82) is 0 Å². The normalized spacial score (nSPS) is 18.7.